The highest BCUT2D eigenvalue weighted by Gasteiger charge is 2.04. The van der Waals surface area contributed by atoms with Gasteiger partial charge in [0, 0.05) is 15.6 Å². The lowest BCUT2D eigenvalue weighted by Crippen LogP contribution is -1.73. The molecule has 0 unspecified atom stereocenters. The highest BCUT2D eigenvalue weighted by atomic mass is 32.1. The highest BCUT2D eigenvalue weighted by molar-refractivity contribution is 7.17. The van der Waals surface area contributed by atoms with Crippen molar-refractivity contribution in [3.63, 3.8) is 0 Å². The van der Waals surface area contributed by atoms with Crippen LogP contribution in [0.4, 0.5) is 0 Å². The van der Waals surface area contributed by atoms with Gasteiger partial charge in [0.05, 0.1) is 0 Å². The largest absolute Gasteiger partial charge is 0.143 e. The van der Waals surface area contributed by atoms with Crippen LogP contribution in [-0.2, 0) is 0 Å². The zero-order valence-electron chi connectivity index (χ0n) is 8.18. The lowest BCUT2D eigenvalue weighted by Gasteiger charge is -1.98. The van der Waals surface area contributed by atoms with E-state index in [2.05, 4.69) is 60.0 Å². The van der Waals surface area contributed by atoms with E-state index in [-0.39, 0.29) is 0 Å². The minimum Gasteiger partial charge on any atom is -0.143 e. The molecule has 0 aliphatic heterocycles. The fraction of sp³-hybridized carbons (Fsp3) is 0. The molecule has 0 spiro atoms. The van der Waals surface area contributed by atoms with E-state index in [4.69, 9.17) is 0 Å². The Labute approximate surface area is 92.8 Å². The fourth-order valence-corrected chi connectivity index (χ4v) is 2.79. The van der Waals surface area contributed by atoms with E-state index in [1.165, 1.54) is 21.2 Å². The zero-order chi connectivity index (χ0) is 10.1. The van der Waals surface area contributed by atoms with E-state index in [1.807, 2.05) is 11.3 Å². The first-order valence-corrected chi connectivity index (χ1v) is 5.85. The van der Waals surface area contributed by atoms with Crippen molar-refractivity contribution in [3.05, 3.63) is 60.0 Å². The van der Waals surface area contributed by atoms with Crippen LogP contribution in [0, 0.1) is 0 Å². The summed E-state index contributed by atoms with van der Waals surface area (Å²) in [4.78, 5) is 0. The molecule has 0 fully saturated rings. The molecular formula is C14H10S. The third-order valence-corrected chi connectivity index (χ3v) is 3.53. The van der Waals surface area contributed by atoms with Gasteiger partial charge in [-0.3, -0.25) is 0 Å². The van der Waals surface area contributed by atoms with Crippen molar-refractivity contribution in [2.24, 2.45) is 0 Å². The maximum Gasteiger partial charge on any atom is 0.0349 e. The van der Waals surface area contributed by atoms with E-state index in [0.717, 1.165) is 0 Å². The standard InChI is InChI=1S/C14H10S/c1-2-6-11(7-3-1)13-10-15-14-9-5-4-8-12(13)14/h1-10H. The van der Waals surface area contributed by atoms with Gasteiger partial charge >= 0.3 is 0 Å². The number of hydrogen-bond acceptors (Lipinski definition) is 1. The predicted molar refractivity (Wildman–Crippen MR) is 67.3 cm³/mol. The fourth-order valence-electron chi connectivity index (χ4n) is 1.82. The summed E-state index contributed by atoms with van der Waals surface area (Å²) < 4.78 is 1.36. The lowest BCUT2D eigenvalue weighted by molar-refractivity contribution is 1.69. The molecule has 3 aromatic rings. The second-order valence-electron chi connectivity index (χ2n) is 3.51. The maximum absolute atomic E-state index is 2.24. The van der Waals surface area contributed by atoms with Crippen LogP contribution in [0.2, 0.25) is 0 Å². The van der Waals surface area contributed by atoms with Gasteiger partial charge in [-0.1, -0.05) is 48.5 Å². The molecule has 0 amide bonds. The van der Waals surface area contributed by atoms with Crippen molar-refractivity contribution < 1.29 is 0 Å². The number of thiophene rings is 1. The van der Waals surface area contributed by atoms with E-state index in [1.54, 1.807) is 0 Å². The minimum atomic E-state index is 1.30. The molecule has 0 atom stereocenters. The Morgan fingerprint density at radius 2 is 1.47 bits per heavy atom. The topological polar surface area (TPSA) is 0 Å². The number of benzene rings is 2. The second kappa shape index (κ2) is 3.52. The van der Waals surface area contributed by atoms with Gasteiger partial charge in [-0.15, -0.1) is 11.3 Å². The number of hydrogen-bond donors (Lipinski definition) is 0. The maximum atomic E-state index is 2.24. The predicted octanol–water partition coefficient (Wildman–Crippen LogP) is 4.57. The third kappa shape index (κ3) is 1.45. The molecule has 1 aromatic heterocycles. The van der Waals surface area contributed by atoms with Gasteiger partial charge < -0.3 is 0 Å². The van der Waals surface area contributed by atoms with Crippen molar-refractivity contribution >= 4 is 21.4 Å². The first-order valence-electron chi connectivity index (χ1n) is 4.97. The molecule has 1 heteroatoms. The lowest BCUT2D eigenvalue weighted by atomic mass is 10.1. The third-order valence-electron chi connectivity index (χ3n) is 2.57. The second-order valence-corrected chi connectivity index (χ2v) is 4.42. The van der Waals surface area contributed by atoms with Crippen molar-refractivity contribution in [1.29, 1.82) is 0 Å². The smallest absolute Gasteiger partial charge is 0.0349 e. The summed E-state index contributed by atoms with van der Waals surface area (Å²) in [5.41, 5.74) is 2.64. The summed E-state index contributed by atoms with van der Waals surface area (Å²) in [6, 6.07) is 19.1. The molecular weight excluding hydrogens is 200 g/mol. The summed E-state index contributed by atoms with van der Waals surface area (Å²) in [6.07, 6.45) is 0. The van der Waals surface area contributed by atoms with E-state index in [9.17, 15) is 0 Å². The molecule has 0 nitrogen and oxygen atoms in total. The van der Waals surface area contributed by atoms with Crippen molar-refractivity contribution in [1.82, 2.24) is 0 Å². The normalized spacial score (nSPS) is 10.7. The molecule has 0 radical (unpaired) electrons. The van der Waals surface area contributed by atoms with Gasteiger partial charge in [0.1, 0.15) is 0 Å². The van der Waals surface area contributed by atoms with Crippen LogP contribution < -0.4 is 0 Å². The molecule has 3 rings (SSSR count). The van der Waals surface area contributed by atoms with Crippen molar-refractivity contribution in [2.45, 2.75) is 0 Å². The van der Waals surface area contributed by atoms with E-state index >= 15 is 0 Å². The van der Waals surface area contributed by atoms with Gasteiger partial charge in [0.15, 0.2) is 0 Å². The average molecular weight is 210 g/mol. The van der Waals surface area contributed by atoms with Crippen LogP contribution in [0.25, 0.3) is 21.2 Å². The molecule has 0 bridgehead atoms. The van der Waals surface area contributed by atoms with Crippen LogP contribution in [0.1, 0.15) is 0 Å². The molecule has 0 aliphatic rings. The average Bonchev–Trinajstić information content (AvgIpc) is 2.74. The number of fused-ring (bicyclic) bond motifs is 1. The number of rotatable bonds is 1. The quantitative estimate of drug-likeness (QED) is 0.552. The van der Waals surface area contributed by atoms with Gasteiger partial charge in [-0.25, -0.2) is 0 Å². The summed E-state index contributed by atoms with van der Waals surface area (Å²) in [6.45, 7) is 0. The molecule has 72 valence electrons. The summed E-state index contributed by atoms with van der Waals surface area (Å²) >= 11 is 1.81. The van der Waals surface area contributed by atoms with Crippen LogP contribution in [-0.4, -0.2) is 0 Å². The molecule has 15 heavy (non-hydrogen) atoms. The van der Waals surface area contributed by atoms with Gasteiger partial charge in [-0.05, 0) is 17.0 Å². The van der Waals surface area contributed by atoms with E-state index in [0.29, 0.717) is 0 Å². The Kier molecular flexibility index (Phi) is 2.04. The van der Waals surface area contributed by atoms with Crippen LogP contribution >= 0.6 is 11.3 Å². The molecule has 1 heterocycles. The monoisotopic (exact) mass is 210 g/mol. The molecule has 0 N–H and O–H groups in total. The van der Waals surface area contributed by atoms with Crippen molar-refractivity contribution in [2.75, 3.05) is 0 Å². The molecule has 0 saturated carbocycles. The zero-order valence-corrected chi connectivity index (χ0v) is 9.00. The van der Waals surface area contributed by atoms with Gasteiger partial charge in [-0.2, -0.15) is 0 Å². The van der Waals surface area contributed by atoms with Gasteiger partial charge in [0.25, 0.3) is 0 Å². The SMILES string of the molecule is c1ccc(-c2csc3ccccc23)cc1. The minimum absolute atomic E-state index is 1.30. The first-order chi connectivity index (χ1) is 7.45. The molecule has 0 aliphatic carbocycles. The Morgan fingerprint density at radius 1 is 0.733 bits per heavy atom. The summed E-state index contributed by atoms with van der Waals surface area (Å²) in [5.74, 6) is 0. The molecule has 2 aromatic carbocycles. The molecule has 0 saturated heterocycles. The highest BCUT2D eigenvalue weighted by Crippen LogP contribution is 2.33. The van der Waals surface area contributed by atoms with Crippen LogP contribution in [0.15, 0.2) is 60.0 Å². The Morgan fingerprint density at radius 3 is 2.33 bits per heavy atom. The van der Waals surface area contributed by atoms with Crippen LogP contribution in [0.3, 0.4) is 0 Å². The Bertz CT molecular complexity index is 578. The van der Waals surface area contributed by atoms with Gasteiger partial charge in [0.2, 0.25) is 0 Å². The van der Waals surface area contributed by atoms with Crippen LogP contribution in [0.5, 0.6) is 0 Å². The van der Waals surface area contributed by atoms with E-state index < -0.39 is 0 Å². The Balaban J connectivity index is 2.28. The Hall–Kier alpha value is -1.60. The summed E-state index contributed by atoms with van der Waals surface area (Å²) in [7, 11) is 0. The van der Waals surface area contributed by atoms with Crippen molar-refractivity contribution in [3.8, 4) is 11.1 Å². The summed E-state index contributed by atoms with van der Waals surface area (Å²) in [5, 5.41) is 3.59. The first kappa shape index (κ1) is 8.69.